The number of amides is 3. The number of benzene rings is 2. The third-order valence-corrected chi connectivity index (χ3v) is 14.9. The number of rotatable bonds is 39. The summed E-state index contributed by atoms with van der Waals surface area (Å²) in [5, 5.41) is 18.7. The number of fused-ring (bicyclic) bond motifs is 1. The maximum atomic E-state index is 14.4. The minimum atomic E-state index is -4.69. The van der Waals surface area contributed by atoms with Gasteiger partial charge in [-0.25, -0.2) is 4.68 Å². The molecule has 3 amide bonds. The van der Waals surface area contributed by atoms with Crippen LogP contribution in [0.15, 0.2) is 54.9 Å². The van der Waals surface area contributed by atoms with Crippen molar-refractivity contribution in [2.75, 3.05) is 131 Å². The topological polar surface area (TPSA) is 201 Å². The highest BCUT2D eigenvalue weighted by Gasteiger charge is 2.35. The third-order valence-electron chi connectivity index (χ3n) is 13.4. The summed E-state index contributed by atoms with van der Waals surface area (Å²) < 4.78 is 80.2. The van der Waals surface area contributed by atoms with Gasteiger partial charge in [0.1, 0.15) is 5.00 Å². The molecule has 3 N–H and O–H groups in total. The number of aliphatic hydroxyl groups excluding tert-OH is 1. The molecule has 5 rings (SSSR count). The first-order valence-electron chi connectivity index (χ1n) is 27.4. The number of thiophene rings is 1. The van der Waals surface area contributed by atoms with Crippen LogP contribution in [-0.4, -0.2) is 180 Å². The average molecular weight is 1170 g/mol. The van der Waals surface area contributed by atoms with E-state index in [1.807, 2.05) is 18.2 Å². The van der Waals surface area contributed by atoms with Crippen molar-refractivity contribution in [1.29, 1.82) is 0 Å². The van der Waals surface area contributed by atoms with Crippen molar-refractivity contribution >= 4 is 51.4 Å². The average Bonchev–Trinajstić information content (AvgIpc) is 4.22. The second-order valence-corrected chi connectivity index (χ2v) is 21.5. The molecule has 0 fully saturated rings. The molecule has 2 aromatic carbocycles. The van der Waals surface area contributed by atoms with E-state index >= 15 is 0 Å². The van der Waals surface area contributed by atoms with E-state index in [1.54, 1.807) is 18.0 Å². The molecular formula is C57H80ClF3N6O12S. The Morgan fingerprint density at radius 1 is 0.812 bits per heavy atom. The van der Waals surface area contributed by atoms with E-state index in [1.165, 1.54) is 34.5 Å². The molecule has 444 valence electrons. The number of hydrogen-bond donors (Lipinski definition) is 3. The van der Waals surface area contributed by atoms with Crippen molar-refractivity contribution in [3.63, 3.8) is 0 Å². The lowest BCUT2D eigenvalue weighted by Gasteiger charge is -2.32. The van der Waals surface area contributed by atoms with Crippen LogP contribution in [0.4, 0.5) is 18.2 Å². The molecule has 0 spiro atoms. The summed E-state index contributed by atoms with van der Waals surface area (Å²) in [7, 11) is 1.73. The Labute approximate surface area is 476 Å². The van der Waals surface area contributed by atoms with Gasteiger partial charge in [-0.05, 0) is 79.0 Å². The summed E-state index contributed by atoms with van der Waals surface area (Å²) in [6.07, 6.45) is 1.98. The lowest BCUT2D eigenvalue weighted by atomic mass is 9.76. The fraction of sp³-hybridized carbons (Fsp3) is 0.596. The monoisotopic (exact) mass is 1160 g/mol. The second-order valence-electron chi connectivity index (χ2n) is 20.0. The molecule has 4 aromatic rings. The molecule has 0 saturated heterocycles. The molecule has 2 heterocycles. The Morgan fingerprint density at radius 2 is 1.41 bits per heavy atom. The van der Waals surface area contributed by atoms with Crippen LogP contribution >= 0.6 is 22.9 Å². The number of anilines is 1. The molecule has 1 aliphatic carbocycles. The quantitative estimate of drug-likeness (QED) is 0.0286. The summed E-state index contributed by atoms with van der Waals surface area (Å²) >= 11 is 7.23. The minimum Gasteiger partial charge on any atom is -0.394 e. The number of halogens is 4. The van der Waals surface area contributed by atoms with Gasteiger partial charge < -0.3 is 53.8 Å². The fourth-order valence-corrected chi connectivity index (χ4v) is 10.6. The maximum Gasteiger partial charge on any atom is 0.417 e. The SMILES string of the molecule is CCC(CC)N(CCN(C)C(=O)CCC(=O)NCCOCCOCCOCCOCCOCCOCCOCCO)Cc1cccc(C(=O)Nc2sc3c(c2C(=O)c2cnn(-c4ccc(Cl)c(C(F)(F)F)c4)c2)CCC(C)(C)C3)c1. The first-order valence-corrected chi connectivity index (χ1v) is 28.5. The van der Waals surface area contributed by atoms with Crippen molar-refractivity contribution in [2.24, 2.45) is 5.41 Å². The summed E-state index contributed by atoms with van der Waals surface area (Å²) in [4.78, 5) is 59.2. The summed E-state index contributed by atoms with van der Waals surface area (Å²) in [5.41, 5.74) is 1.68. The van der Waals surface area contributed by atoms with Gasteiger partial charge in [-0.3, -0.25) is 24.1 Å². The molecule has 23 heteroatoms. The van der Waals surface area contributed by atoms with Crippen molar-refractivity contribution in [2.45, 2.75) is 91.4 Å². The van der Waals surface area contributed by atoms with Crippen molar-refractivity contribution in [3.05, 3.63) is 98.1 Å². The smallest absolute Gasteiger partial charge is 0.394 e. The van der Waals surface area contributed by atoms with E-state index in [0.717, 1.165) is 47.4 Å². The highest BCUT2D eigenvalue weighted by Crippen LogP contribution is 2.45. The Bertz CT molecular complexity index is 2540. The molecule has 18 nitrogen and oxygen atoms in total. The predicted molar refractivity (Wildman–Crippen MR) is 299 cm³/mol. The standard InChI is InChI=1S/C57H80ClF3N6O12S/c1-6-44(7-2)66(19-18-65(5)51(70)14-13-50(69)62-17-21-73-23-25-75-27-29-77-31-33-79-34-32-78-30-28-76-26-24-74-22-20-68)39-41-9-8-10-42(35-41)54(72)64-55-52(46-15-16-56(3,4)37-49(46)80-55)53(71)43-38-63-67(40-43)45-11-12-48(58)47(36-45)57(59,60)61/h8-12,35-36,38,40,44,68H,6-7,13-34,37,39H2,1-5H3,(H,62,69)(H,64,72). The first kappa shape index (κ1) is 66.0. The number of hydrogen-bond acceptors (Lipinski definition) is 15. The number of nitrogens with zero attached hydrogens (tertiary/aromatic N) is 4. The normalized spacial score (nSPS) is 13.2. The van der Waals surface area contributed by atoms with Gasteiger partial charge in [-0.2, -0.15) is 18.3 Å². The van der Waals surface area contributed by atoms with Crippen LogP contribution < -0.4 is 10.6 Å². The van der Waals surface area contributed by atoms with Crippen LogP contribution in [0, 0.1) is 5.41 Å². The molecule has 1 aliphatic rings. The lowest BCUT2D eigenvalue weighted by molar-refractivity contribution is -0.137. The summed E-state index contributed by atoms with van der Waals surface area (Å²) in [6.45, 7) is 16.1. The van der Waals surface area contributed by atoms with Crippen molar-refractivity contribution < 1.29 is 70.6 Å². The number of alkyl halides is 3. The number of carbonyl (C=O) groups is 4. The zero-order valence-electron chi connectivity index (χ0n) is 46.8. The molecule has 0 unspecified atom stereocenters. The summed E-state index contributed by atoms with van der Waals surface area (Å²) in [5.74, 6) is -1.19. The minimum absolute atomic E-state index is 0.00253. The van der Waals surface area contributed by atoms with E-state index in [-0.39, 0.29) is 54.0 Å². The van der Waals surface area contributed by atoms with Crippen LogP contribution in [0.3, 0.4) is 0 Å². The van der Waals surface area contributed by atoms with Gasteiger partial charge in [0, 0.05) is 68.7 Å². The lowest BCUT2D eigenvalue weighted by Crippen LogP contribution is -2.41. The van der Waals surface area contributed by atoms with E-state index in [9.17, 15) is 32.3 Å². The van der Waals surface area contributed by atoms with E-state index in [2.05, 4.69) is 48.3 Å². The first-order chi connectivity index (χ1) is 38.4. The van der Waals surface area contributed by atoms with Gasteiger partial charge >= 0.3 is 6.18 Å². The predicted octanol–water partition coefficient (Wildman–Crippen LogP) is 8.06. The number of aliphatic hydroxyl groups is 1. The third kappa shape index (κ3) is 22.1. The summed E-state index contributed by atoms with van der Waals surface area (Å²) in [6, 6.07) is 10.9. The van der Waals surface area contributed by atoms with Gasteiger partial charge in [0.05, 0.1) is 133 Å². The van der Waals surface area contributed by atoms with E-state index < -0.39 is 28.5 Å². The Morgan fingerprint density at radius 3 is 2.00 bits per heavy atom. The molecule has 0 aliphatic heterocycles. The molecule has 0 saturated carbocycles. The largest absolute Gasteiger partial charge is 0.417 e. The van der Waals surface area contributed by atoms with E-state index in [4.69, 9.17) is 49.9 Å². The van der Waals surface area contributed by atoms with Gasteiger partial charge in [-0.1, -0.05) is 51.4 Å². The highest BCUT2D eigenvalue weighted by atomic mass is 35.5. The molecule has 0 bridgehead atoms. The van der Waals surface area contributed by atoms with Crippen LogP contribution in [0.1, 0.15) is 108 Å². The zero-order valence-corrected chi connectivity index (χ0v) is 48.4. The van der Waals surface area contributed by atoms with E-state index in [0.29, 0.717) is 148 Å². The van der Waals surface area contributed by atoms with Gasteiger partial charge in [0.15, 0.2) is 5.78 Å². The zero-order chi connectivity index (χ0) is 57.9. The maximum absolute atomic E-state index is 14.4. The molecule has 0 radical (unpaired) electrons. The van der Waals surface area contributed by atoms with Gasteiger partial charge in [0.2, 0.25) is 11.8 Å². The fourth-order valence-electron chi connectivity index (χ4n) is 8.90. The Balaban J connectivity index is 1.02. The molecule has 0 atom stereocenters. The van der Waals surface area contributed by atoms with Crippen molar-refractivity contribution in [3.8, 4) is 5.69 Å². The molecule has 80 heavy (non-hydrogen) atoms. The number of ether oxygens (including phenoxy) is 7. The number of nitrogens with one attached hydrogen (secondary N) is 2. The van der Waals surface area contributed by atoms with Crippen LogP contribution in [-0.2, 0) is 68.3 Å². The van der Waals surface area contributed by atoms with Crippen LogP contribution in [0.2, 0.25) is 5.02 Å². The number of ketones is 1. The molecule has 2 aromatic heterocycles. The molecular weight excluding hydrogens is 1090 g/mol. The number of carbonyl (C=O) groups excluding carboxylic acids is 4. The number of aromatic nitrogens is 2. The van der Waals surface area contributed by atoms with Crippen LogP contribution in [0.5, 0.6) is 0 Å². The highest BCUT2D eigenvalue weighted by molar-refractivity contribution is 7.17. The Kier molecular flexibility index (Phi) is 28.5. The van der Waals surface area contributed by atoms with Crippen LogP contribution in [0.25, 0.3) is 5.69 Å². The Hall–Kier alpha value is -4.85. The second kappa shape index (κ2) is 34.6. The van der Waals surface area contributed by atoms with Gasteiger partial charge in [0.25, 0.3) is 5.91 Å². The van der Waals surface area contributed by atoms with Crippen molar-refractivity contribution in [1.82, 2.24) is 24.9 Å². The number of likely N-dealkylation sites (N-methyl/N-ethyl adjacent to an activating group) is 1. The van der Waals surface area contributed by atoms with Gasteiger partial charge in [-0.15, -0.1) is 11.3 Å².